The van der Waals surface area contributed by atoms with E-state index in [1.54, 1.807) is 0 Å². The zero-order valence-electron chi connectivity index (χ0n) is 16.8. The van der Waals surface area contributed by atoms with E-state index in [9.17, 15) is 18.4 Å². The van der Waals surface area contributed by atoms with Crippen LogP contribution in [0.5, 0.6) is 0 Å². The maximum Gasteiger partial charge on any atom is 0.257 e. The molecule has 2 N–H and O–H groups in total. The van der Waals surface area contributed by atoms with E-state index in [0.717, 1.165) is 0 Å². The van der Waals surface area contributed by atoms with E-state index in [0.29, 0.717) is 11.3 Å². The van der Waals surface area contributed by atoms with Crippen LogP contribution in [-0.2, 0) is 4.79 Å². The molecule has 11 heteroatoms. The standard InChI is InChI=1S/C23H13Cl5F2N2O2/c24-15-6-5-13(9-14(15)21(33)31-12-3-1-11(29)2-4-12)32-22(34)19-18(23(19,27)28)10-7-16(25)20(30)17(26)8-10/h1-9,18-19H,(H,31,33)(H,32,34)/t18-,19+/m1/s1. The SMILES string of the molecule is O=C(Nc1ccc(F)cc1)c1cc(NC(=O)[C@@H]2[C@@H](c3cc(Cl)c(F)c(Cl)c3)C2(Cl)Cl)ccc1Cl. The molecule has 3 aromatic rings. The summed E-state index contributed by atoms with van der Waals surface area (Å²) in [6.45, 7) is 0. The highest BCUT2D eigenvalue weighted by molar-refractivity contribution is 6.53. The third-order valence-electron chi connectivity index (χ3n) is 5.28. The summed E-state index contributed by atoms with van der Waals surface area (Å²) in [5.74, 6) is -3.88. The largest absolute Gasteiger partial charge is 0.326 e. The van der Waals surface area contributed by atoms with Gasteiger partial charge in [-0.2, -0.15) is 0 Å². The second kappa shape index (κ2) is 9.51. The zero-order valence-corrected chi connectivity index (χ0v) is 20.6. The van der Waals surface area contributed by atoms with Crippen LogP contribution in [0.1, 0.15) is 21.8 Å². The number of benzene rings is 3. The van der Waals surface area contributed by atoms with Crippen molar-refractivity contribution in [3.63, 3.8) is 0 Å². The van der Waals surface area contributed by atoms with Crippen LogP contribution in [0.25, 0.3) is 0 Å². The van der Waals surface area contributed by atoms with Crippen molar-refractivity contribution in [2.75, 3.05) is 10.6 Å². The summed E-state index contributed by atoms with van der Waals surface area (Å²) >= 11 is 30.5. The van der Waals surface area contributed by atoms with Crippen LogP contribution in [0.15, 0.2) is 54.6 Å². The van der Waals surface area contributed by atoms with Gasteiger partial charge in [-0.15, -0.1) is 23.2 Å². The molecule has 1 saturated carbocycles. The first kappa shape index (κ1) is 25.0. The van der Waals surface area contributed by atoms with Crippen molar-refractivity contribution in [2.24, 2.45) is 5.92 Å². The van der Waals surface area contributed by atoms with Crippen molar-refractivity contribution in [2.45, 2.75) is 10.3 Å². The number of carbonyl (C=O) groups is 2. The average molecular weight is 565 g/mol. The Balaban J connectivity index is 1.51. The number of amides is 2. The van der Waals surface area contributed by atoms with E-state index < -0.39 is 39.6 Å². The van der Waals surface area contributed by atoms with Crippen molar-refractivity contribution in [1.82, 2.24) is 0 Å². The van der Waals surface area contributed by atoms with Gasteiger partial charge in [0.15, 0.2) is 5.82 Å². The van der Waals surface area contributed by atoms with E-state index in [4.69, 9.17) is 58.0 Å². The molecular formula is C23H13Cl5F2N2O2. The van der Waals surface area contributed by atoms with E-state index >= 15 is 0 Å². The minimum Gasteiger partial charge on any atom is -0.326 e. The van der Waals surface area contributed by atoms with Crippen LogP contribution in [0.2, 0.25) is 15.1 Å². The molecule has 0 radical (unpaired) electrons. The van der Waals surface area contributed by atoms with Crippen molar-refractivity contribution < 1.29 is 18.4 Å². The number of anilines is 2. The first-order valence-electron chi connectivity index (χ1n) is 9.68. The molecule has 1 aliphatic rings. The topological polar surface area (TPSA) is 58.2 Å². The highest BCUT2D eigenvalue weighted by Gasteiger charge is 2.67. The molecular weight excluding hydrogens is 552 g/mol. The van der Waals surface area contributed by atoms with Gasteiger partial charge in [0.05, 0.1) is 26.5 Å². The fourth-order valence-electron chi connectivity index (χ4n) is 3.55. The van der Waals surface area contributed by atoms with Crippen LogP contribution in [-0.4, -0.2) is 16.1 Å². The van der Waals surface area contributed by atoms with Crippen LogP contribution < -0.4 is 10.6 Å². The Morgan fingerprint density at radius 1 is 0.794 bits per heavy atom. The maximum absolute atomic E-state index is 13.8. The molecule has 1 fully saturated rings. The Labute approximate surface area is 218 Å². The molecule has 0 spiro atoms. The van der Waals surface area contributed by atoms with Crippen molar-refractivity contribution >= 4 is 81.2 Å². The Morgan fingerprint density at radius 2 is 1.38 bits per heavy atom. The lowest BCUT2D eigenvalue weighted by atomic mass is 10.1. The van der Waals surface area contributed by atoms with E-state index in [-0.39, 0.29) is 26.3 Å². The minimum atomic E-state index is -1.47. The van der Waals surface area contributed by atoms with Crippen LogP contribution in [0, 0.1) is 17.6 Å². The van der Waals surface area contributed by atoms with Gasteiger partial charge < -0.3 is 10.6 Å². The summed E-state index contributed by atoms with van der Waals surface area (Å²) in [4.78, 5) is 25.5. The highest BCUT2D eigenvalue weighted by Crippen LogP contribution is 2.65. The number of halogens is 7. The predicted octanol–water partition coefficient (Wildman–Crippen LogP) is 7.70. The first-order valence-corrected chi connectivity index (χ1v) is 11.6. The second-order valence-electron chi connectivity index (χ2n) is 7.57. The molecule has 4 nitrogen and oxygen atoms in total. The number of alkyl halides is 2. The normalized spacial score (nSPS) is 18.3. The molecule has 3 aromatic carbocycles. The third-order valence-corrected chi connectivity index (χ3v) is 7.10. The molecule has 0 unspecified atom stereocenters. The van der Waals surface area contributed by atoms with E-state index in [2.05, 4.69) is 10.6 Å². The van der Waals surface area contributed by atoms with Crippen molar-refractivity contribution in [1.29, 1.82) is 0 Å². The molecule has 0 aliphatic heterocycles. The Morgan fingerprint density at radius 3 is 2.00 bits per heavy atom. The van der Waals surface area contributed by atoms with Crippen molar-refractivity contribution in [3.05, 3.63) is 92.4 Å². The van der Waals surface area contributed by atoms with Gasteiger partial charge in [-0.25, -0.2) is 8.78 Å². The van der Waals surface area contributed by atoms with Crippen molar-refractivity contribution in [3.8, 4) is 0 Å². The summed E-state index contributed by atoms with van der Waals surface area (Å²) in [6.07, 6.45) is 0. The van der Waals surface area contributed by atoms with Gasteiger partial charge in [0.2, 0.25) is 5.91 Å². The molecule has 176 valence electrons. The van der Waals surface area contributed by atoms with Crippen LogP contribution >= 0.6 is 58.0 Å². The summed E-state index contributed by atoms with van der Waals surface area (Å²) in [5, 5.41) is 4.96. The zero-order chi connectivity index (χ0) is 24.8. The molecule has 1 aliphatic carbocycles. The van der Waals surface area contributed by atoms with Crippen LogP contribution in [0.4, 0.5) is 20.2 Å². The maximum atomic E-state index is 13.8. The lowest BCUT2D eigenvalue weighted by Gasteiger charge is -2.10. The quantitative estimate of drug-likeness (QED) is 0.246. The highest BCUT2D eigenvalue weighted by atomic mass is 35.5. The first-order chi connectivity index (χ1) is 16.0. The minimum absolute atomic E-state index is 0.0799. The van der Waals surface area contributed by atoms with Gasteiger partial charge in [-0.1, -0.05) is 34.8 Å². The number of nitrogens with one attached hydrogen (secondary N) is 2. The Bertz CT molecular complexity index is 1280. The monoisotopic (exact) mass is 562 g/mol. The van der Waals surface area contributed by atoms with E-state index in [1.807, 2.05) is 0 Å². The number of hydrogen-bond donors (Lipinski definition) is 2. The number of hydrogen-bond acceptors (Lipinski definition) is 2. The Hall–Kier alpha value is -2.09. The third kappa shape index (κ3) is 4.97. The van der Waals surface area contributed by atoms with Gasteiger partial charge in [-0.3, -0.25) is 9.59 Å². The molecule has 0 heterocycles. The fraction of sp³-hybridized carbons (Fsp3) is 0.130. The summed E-state index contributed by atoms with van der Waals surface area (Å²) in [6, 6.07) is 12.2. The fourth-order valence-corrected chi connectivity index (χ4v) is 5.09. The molecule has 2 atom stereocenters. The average Bonchev–Trinajstić information content (AvgIpc) is 3.36. The molecule has 0 bridgehead atoms. The lowest BCUT2D eigenvalue weighted by molar-refractivity contribution is -0.117. The smallest absolute Gasteiger partial charge is 0.257 e. The summed E-state index contributed by atoms with van der Waals surface area (Å²) in [7, 11) is 0. The van der Waals surface area contributed by atoms with Crippen LogP contribution in [0.3, 0.4) is 0 Å². The number of carbonyl (C=O) groups excluding carboxylic acids is 2. The van der Waals surface area contributed by atoms with Gasteiger partial charge >= 0.3 is 0 Å². The van der Waals surface area contributed by atoms with E-state index in [1.165, 1.54) is 54.6 Å². The Kier molecular flexibility index (Phi) is 7.00. The molecule has 34 heavy (non-hydrogen) atoms. The lowest BCUT2D eigenvalue weighted by Crippen LogP contribution is -2.18. The van der Waals surface area contributed by atoms with Gasteiger partial charge in [-0.05, 0) is 60.2 Å². The summed E-state index contributed by atoms with van der Waals surface area (Å²) in [5.41, 5.74) is 1.13. The predicted molar refractivity (Wildman–Crippen MR) is 132 cm³/mol. The van der Waals surface area contributed by atoms with Gasteiger partial charge in [0, 0.05) is 17.3 Å². The second-order valence-corrected chi connectivity index (χ2v) is 10.2. The number of rotatable bonds is 5. The molecule has 0 aromatic heterocycles. The molecule has 2 amide bonds. The summed E-state index contributed by atoms with van der Waals surface area (Å²) < 4.78 is 25.4. The van der Waals surface area contributed by atoms with Gasteiger partial charge in [0.1, 0.15) is 10.2 Å². The molecule has 4 rings (SSSR count). The van der Waals surface area contributed by atoms with Gasteiger partial charge in [0.25, 0.3) is 5.91 Å². The molecule has 0 saturated heterocycles.